The number of carbonyl (C=O) groups is 2. The van der Waals surface area contributed by atoms with Gasteiger partial charge in [-0.15, -0.1) is 0 Å². The molecule has 0 saturated heterocycles. The van der Waals surface area contributed by atoms with Crippen LogP contribution in [0.2, 0.25) is 10.0 Å². The lowest BCUT2D eigenvalue weighted by Gasteiger charge is -2.17. The number of amides is 3. The van der Waals surface area contributed by atoms with Gasteiger partial charge in [0.25, 0.3) is 10.0 Å². The quantitative estimate of drug-likeness (QED) is 0.427. The molecule has 0 heterocycles. The first-order chi connectivity index (χ1) is 14.1. The van der Waals surface area contributed by atoms with Crippen molar-refractivity contribution in [3.63, 3.8) is 0 Å². The number of thioether (sulfide) groups is 1. The molecule has 0 spiro atoms. The fraction of sp³-hybridized carbons (Fsp3) is 0.222. The molecule has 1 atom stereocenters. The summed E-state index contributed by atoms with van der Waals surface area (Å²) in [7, 11) is -4.04. The number of benzene rings is 2. The van der Waals surface area contributed by atoms with E-state index in [2.05, 4.69) is 15.4 Å². The van der Waals surface area contributed by atoms with Crippen LogP contribution < -0.4 is 21.1 Å². The summed E-state index contributed by atoms with van der Waals surface area (Å²) in [6, 6.07) is 8.44. The van der Waals surface area contributed by atoms with E-state index in [-0.39, 0.29) is 15.6 Å². The van der Waals surface area contributed by atoms with Gasteiger partial charge in [0.2, 0.25) is 5.91 Å². The van der Waals surface area contributed by atoms with Crippen LogP contribution in [-0.2, 0) is 14.8 Å². The van der Waals surface area contributed by atoms with Gasteiger partial charge in [-0.1, -0.05) is 23.2 Å². The standard InChI is InChI=1S/C18H20Cl2N4O4S2/c1-29-9-8-15(23-18(21)26)17(25)22-13-6-7-14(20)16(10-13)30(27,28)24-12-4-2-11(19)3-5-12/h2-7,10,15,24H,8-9H2,1H3,(H,22,25)(H3,21,23,26)/t15-/m1/s1. The topological polar surface area (TPSA) is 130 Å². The van der Waals surface area contributed by atoms with E-state index in [1.807, 2.05) is 6.26 Å². The van der Waals surface area contributed by atoms with E-state index in [1.54, 1.807) is 0 Å². The molecule has 0 saturated carbocycles. The first kappa shape index (κ1) is 24.1. The molecule has 0 radical (unpaired) electrons. The zero-order valence-corrected chi connectivity index (χ0v) is 19.0. The van der Waals surface area contributed by atoms with E-state index in [0.717, 1.165) is 0 Å². The molecule has 0 aliphatic heterocycles. The molecule has 5 N–H and O–H groups in total. The lowest BCUT2D eigenvalue weighted by atomic mass is 10.2. The van der Waals surface area contributed by atoms with Crippen molar-refractivity contribution in [1.82, 2.24) is 5.32 Å². The SMILES string of the molecule is CSCC[C@@H](NC(N)=O)C(=O)Nc1ccc(Cl)c(S(=O)(=O)Nc2ccc(Cl)cc2)c1. The number of nitrogens with two attached hydrogens (primary N) is 1. The number of primary amides is 1. The van der Waals surface area contributed by atoms with Gasteiger partial charge >= 0.3 is 6.03 Å². The number of anilines is 2. The van der Waals surface area contributed by atoms with Gasteiger partial charge in [-0.2, -0.15) is 11.8 Å². The maximum atomic E-state index is 12.7. The van der Waals surface area contributed by atoms with E-state index in [0.29, 0.717) is 22.9 Å². The van der Waals surface area contributed by atoms with Crippen molar-refractivity contribution in [3.05, 3.63) is 52.5 Å². The number of hydrogen-bond donors (Lipinski definition) is 4. The molecule has 0 bridgehead atoms. The summed E-state index contributed by atoms with van der Waals surface area (Å²) in [5, 5.41) is 5.39. The molecule has 8 nitrogen and oxygen atoms in total. The second-order valence-corrected chi connectivity index (χ2v) is 9.57. The summed E-state index contributed by atoms with van der Waals surface area (Å²) in [4.78, 5) is 23.5. The highest BCUT2D eigenvalue weighted by Crippen LogP contribution is 2.27. The third-order valence-electron chi connectivity index (χ3n) is 3.83. The Balaban J connectivity index is 2.23. The Labute approximate surface area is 188 Å². The molecule has 2 aromatic carbocycles. The van der Waals surface area contributed by atoms with Gasteiger partial charge in [-0.25, -0.2) is 13.2 Å². The number of sulfonamides is 1. The van der Waals surface area contributed by atoms with Gasteiger partial charge < -0.3 is 16.4 Å². The minimum absolute atomic E-state index is 0.0244. The van der Waals surface area contributed by atoms with Gasteiger partial charge in [0.05, 0.1) is 5.02 Å². The highest BCUT2D eigenvalue weighted by Gasteiger charge is 2.22. The summed E-state index contributed by atoms with van der Waals surface area (Å²) >= 11 is 13.4. The molecule has 0 aliphatic rings. The Hall–Kier alpha value is -2.14. The molecule has 162 valence electrons. The summed E-state index contributed by atoms with van der Waals surface area (Å²) in [5.41, 5.74) is 5.62. The Morgan fingerprint density at radius 2 is 1.73 bits per heavy atom. The maximum absolute atomic E-state index is 12.7. The third kappa shape index (κ3) is 6.98. The van der Waals surface area contributed by atoms with E-state index < -0.39 is 28.0 Å². The number of hydrogen-bond acceptors (Lipinski definition) is 5. The molecule has 0 aliphatic carbocycles. The minimum atomic E-state index is -4.04. The number of rotatable bonds is 9. The Bertz CT molecular complexity index is 1020. The second-order valence-electron chi connectivity index (χ2n) is 6.09. The zero-order chi connectivity index (χ0) is 22.3. The summed E-state index contributed by atoms with van der Waals surface area (Å²) < 4.78 is 27.9. The van der Waals surface area contributed by atoms with Gasteiger partial charge in [-0.3, -0.25) is 9.52 Å². The summed E-state index contributed by atoms with van der Waals surface area (Å²) in [5.74, 6) is 0.0862. The fourth-order valence-electron chi connectivity index (χ4n) is 2.42. The van der Waals surface area contributed by atoms with E-state index in [4.69, 9.17) is 28.9 Å². The summed E-state index contributed by atoms with van der Waals surface area (Å²) in [6.45, 7) is 0. The molecule has 2 rings (SSSR count). The molecule has 0 unspecified atom stereocenters. The van der Waals surface area contributed by atoms with Gasteiger partial charge in [0, 0.05) is 16.4 Å². The number of urea groups is 1. The van der Waals surface area contributed by atoms with Crippen molar-refractivity contribution in [3.8, 4) is 0 Å². The molecular formula is C18H20Cl2N4O4S2. The normalized spacial score (nSPS) is 12.1. The monoisotopic (exact) mass is 490 g/mol. The van der Waals surface area contributed by atoms with E-state index in [9.17, 15) is 18.0 Å². The van der Waals surface area contributed by atoms with Crippen LogP contribution in [0.5, 0.6) is 0 Å². The predicted octanol–water partition coefficient (Wildman–Crippen LogP) is 3.52. The van der Waals surface area contributed by atoms with Crippen molar-refractivity contribution >= 4 is 68.3 Å². The van der Waals surface area contributed by atoms with Crippen molar-refractivity contribution in [1.29, 1.82) is 0 Å². The van der Waals surface area contributed by atoms with Crippen molar-refractivity contribution in [2.45, 2.75) is 17.4 Å². The minimum Gasteiger partial charge on any atom is -0.352 e. The van der Waals surface area contributed by atoms with Crippen LogP contribution in [0.3, 0.4) is 0 Å². The van der Waals surface area contributed by atoms with Crippen molar-refractivity contribution in [2.75, 3.05) is 22.0 Å². The van der Waals surface area contributed by atoms with Crippen LogP contribution in [-0.4, -0.2) is 38.4 Å². The smallest absolute Gasteiger partial charge is 0.312 e. The lowest BCUT2D eigenvalue weighted by molar-refractivity contribution is -0.117. The zero-order valence-electron chi connectivity index (χ0n) is 15.8. The number of halogens is 2. The summed E-state index contributed by atoms with van der Waals surface area (Å²) in [6.07, 6.45) is 2.22. The number of nitrogens with one attached hydrogen (secondary N) is 3. The van der Waals surface area contributed by atoms with Gasteiger partial charge in [0.15, 0.2) is 0 Å². The van der Waals surface area contributed by atoms with Crippen molar-refractivity contribution < 1.29 is 18.0 Å². The molecule has 30 heavy (non-hydrogen) atoms. The largest absolute Gasteiger partial charge is 0.352 e. The Kier molecular flexibility index (Phi) is 8.65. The lowest BCUT2D eigenvalue weighted by Crippen LogP contribution is -2.46. The molecule has 2 aromatic rings. The van der Waals surface area contributed by atoms with Gasteiger partial charge in [0.1, 0.15) is 10.9 Å². The first-order valence-corrected chi connectivity index (χ1v) is 12.2. The third-order valence-corrected chi connectivity index (χ3v) is 6.59. The second kappa shape index (κ2) is 10.8. The van der Waals surface area contributed by atoms with Crippen LogP contribution in [0.15, 0.2) is 47.4 Å². The molecular weight excluding hydrogens is 471 g/mol. The highest BCUT2D eigenvalue weighted by molar-refractivity contribution is 7.98. The van der Waals surface area contributed by atoms with E-state index in [1.165, 1.54) is 54.2 Å². The van der Waals surface area contributed by atoms with Crippen LogP contribution in [0.4, 0.5) is 16.2 Å². The molecule has 0 fully saturated rings. The Morgan fingerprint density at radius 3 is 2.33 bits per heavy atom. The number of carbonyl (C=O) groups excluding carboxylic acids is 2. The van der Waals surface area contributed by atoms with Crippen LogP contribution >= 0.6 is 35.0 Å². The first-order valence-electron chi connectivity index (χ1n) is 8.56. The average molecular weight is 491 g/mol. The Morgan fingerprint density at radius 1 is 1.10 bits per heavy atom. The molecule has 0 aromatic heterocycles. The van der Waals surface area contributed by atoms with E-state index >= 15 is 0 Å². The van der Waals surface area contributed by atoms with Crippen LogP contribution in [0.25, 0.3) is 0 Å². The maximum Gasteiger partial charge on any atom is 0.312 e. The molecule has 12 heteroatoms. The van der Waals surface area contributed by atoms with Crippen LogP contribution in [0, 0.1) is 0 Å². The predicted molar refractivity (Wildman–Crippen MR) is 122 cm³/mol. The highest BCUT2D eigenvalue weighted by atomic mass is 35.5. The van der Waals surface area contributed by atoms with Crippen molar-refractivity contribution in [2.24, 2.45) is 5.73 Å². The fourth-order valence-corrected chi connectivity index (χ4v) is 4.60. The van der Waals surface area contributed by atoms with Gasteiger partial charge in [-0.05, 0) is 60.9 Å². The van der Waals surface area contributed by atoms with Crippen LogP contribution in [0.1, 0.15) is 6.42 Å². The average Bonchev–Trinajstić information content (AvgIpc) is 2.67. The molecule has 3 amide bonds.